The number of hydrogen-bond acceptors (Lipinski definition) is 2. The second-order valence-electron chi connectivity index (χ2n) is 3.12. The highest BCUT2D eigenvalue weighted by molar-refractivity contribution is 4.33. The van der Waals surface area contributed by atoms with Crippen molar-refractivity contribution in [1.82, 2.24) is 0 Å². The Kier molecular flexibility index (Phi) is 17.1. The summed E-state index contributed by atoms with van der Waals surface area (Å²) in [6.07, 6.45) is 2.66. The summed E-state index contributed by atoms with van der Waals surface area (Å²) in [5.41, 5.74) is 0. The van der Waals surface area contributed by atoms with Crippen LogP contribution < -0.4 is 0 Å². The molecular weight excluding hydrogens is 164 g/mol. The lowest BCUT2D eigenvalue weighted by Crippen LogP contribution is -2.01. The Morgan fingerprint density at radius 2 is 1.46 bits per heavy atom. The normalized spacial score (nSPS) is 9.69. The maximum absolute atomic E-state index is 5.19. The summed E-state index contributed by atoms with van der Waals surface area (Å²) >= 11 is 0. The maximum atomic E-state index is 5.19. The van der Waals surface area contributed by atoms with Gasteiger partial charge in [-0.05, 0) is 33.6 Å². The van der Waals surface area contributed by atoms with Gasteiger partial charge in [0, 0.05) is 19.8 Å². The van der Waals surface area contributed by atoms with Crippen LogP contribution in [0.4, 0.5) is 0 Å². The van der Waals surface area contributed by atoms with Gasteiger partial charge in [-0.2, -0.15) is 0 Å². The van der Waals surface area contributed by atoms with Crippen LogP contribution in [0, 0.1) is 0 Å². The highest BCUT2D eigenvalue weighted by atomic mass is 16.5. The molecule has 82 valence electrons. The van der Waals surface area contributed by atoms with E-state index in [2.05, 4.69) is 27.7 Å². The van der Waals surface area contributed by atoms with Gasteiger partial charge < -0.3 is 9.47 Å². The van der Waals surface area contributed by atoms with Gasteiger partial charge in [0.2, 0.25) is 0 Å². The zero-order valence-corrected chi connectivity index (χ0v) is 9.93. The quantitative estimate of drug-likeness (QED) is 0.599. The minimum absolute atomic E-state index is 0.403. The molecule has 2 heteroatoms. The molecule has 0 heterocycles. The smallest absolute Gasteiger partial charge is 0.0518 e. The Morgan fingerprint density at radius 3 is 1.62 bits per heavy atom. The predicted octanol–water partition coefficient (Wildman–Crippen LogP) is 3.25. The molecule has 0 rings (SSSR count). The van der Waals surface area contributed by atoms with E-state index < -0.39 is 0 Å². The summed E-state index contributed by atoms with van der Waals surface area (Å²) in [5, 5.41) is 0. The molecule has 0 aliphatic carbocycles. The minimum Gasteiger partial charge on any atom is -0.382 e. The van der Waals surface area contributed by atoms with Crippen molar-refractivity contribution in [3.05, 3.63) is 0 Å². The summed E-state index contributed by atoms with van der Waals surface area (Å²) in [4.78, 5) is 0. The summed E-state index contributed by atoms with van der Waals surface area (Å²) in [6.45, 7) is 13.0. The van der Waals surface area contributed by atoms with Gasteiger partial charge in [-0.25, -0.2) is 0 Å². The van der Waals surface area contributed by atoms with Gasteiger partial charge in [0.25, 0.3) is 0 Å². The molecule has 0 aliphatic rings. The van der Waals surface area contributed by atoms with Crippen LogP contribution in [-0.4, -0.2) is 25.9 Å². The molecule has 2 nitrogen and oxygen atoms in total. The van der Waals surface area contributed by atoms with Crippen molar-refractivity contribution >= 4 is 0 Å². The third-order valence-corrected chi connectivity index (χ3v) is 1.21. The molecule has 0 aliphatic heterocycles. The monoisotopic (exact) mass is 190 g/mol. The van der Waals surface area contributed by atoms with E-state index in [0.29, 0.717) is 6.10 Å². The van der Waals surface area contributed by atoms with E-state index in [1.807, 2.05) is 6.92 Å². The Morgan fingerprint density at radius 1 is 0.923 bits per heavy atom. The Labute approximate surface area is 83.6 Å². The lowest BCUT2D eigenvalue weighted by atomic mass is 10.4. The SMILES string of the molecule is CCCOC(C)C.CCCOCC. The Bertz CT molecular complexity index is 68.5. The van der Waals surface area contributed by atoms with Crippen LogP contribution in [0.2, 0.25) is 0 Å². The predicted molar refractivity (Wildman–Crippen MR) is 58.2 cm³/mol. The van der Waals surface area contributed by atoms with Crippen LogP contribution in [0.5, 0.6) is 0 Å². The van der Waals surface area contributed by atoms with Gasteiger partial charge in [0.05, 0.1) is 6.10 Å². The third-order valence-electron chi connectivity index (χ3n) is 1.21. The molecule has 0 amide bonds. The van der Waals surface area contributed by atoms with Crippen molar-refractivity contribution in [3.8, 4) is 0 Å². The van der Waals surface area contributed by atoms with Crippen molar-refractivity contribution < 1.29 is 9.47 Å². The largest absolute Gasteiger partial charge is 0.382 e. The van der Waals surface area contributed by atoms with Crippen LogP contribution in [0.15, 0.2) is 0 Å². The van der Waals surface area contributed by atoms with Gasteiger partial charge in [-0.3, -0.25) is 0 Å². The first-order valence-electron chi connectivity index (χ1n) is 5.38. The molecule has 0 aromatic rings. The minimum atomic E-state index is 0.403. The summed E-state index contributed by atoms with van der Waals surface area (Å²) in [6, 6.07) is 0. The van der Waals surface area contributed by atoms with Crippen molar-refractivity contribution in [1.29, 1.82) is 0 Å². The van der Waals surface area contributed by atoms with E-state index in [-0.39, 0.29) is 0 Å². The van der Waals surface area contributed by atoms with Crippen LogP contribution in [-0.2, 0) is 9.47 Å². The topological polar surface area (TPSA) is 18.5 Å². The first-order chi connectivity index (χ1) is 6.18. The Hall–Kier alpha value is -0.0800. The van der Waals surface area contributed by atoms with E-state index in [1.54, 1.807) is 0 Å². The Balaban J connectivity index is 0. The molecule has 0 aromatic heterocycles. The van der Waals surface area contributed by atoms with Crippen molar-refractivity contribution in [3.63, 3.8) is 0 Å². The molecule has 0 spiro atoms. The molecule has 13 heavy (non-hydrogen) atoms. The van der Waals surface area contributed by atoms with Crippen molar-refractivity contribution in [2.75, 3.05) is 19.8 Å². The molecular formula is C11H26O2. The van der Waals surface area contributed by atoms with Gasteiger partial charge in [-0.15, -0.1) is 0 Å². The maximum Gasteiger partial charge on any atom is 0.0518 e. The second kappa shape index (κ2) is 14.4. The number of rotatable bonds is 6. The number of ether oxygens (including phenoxy) is 2. The molecule has 0 saturated heterocycles. The fourth-order valence-corrected chi connectivity index (χ4v) is 0.642. The highest BCUT2D eigenvalue weighted by Crippen LogP contribution is 1.87. The summed E-state index contributed by atoms with van der Waals surface area (Å²) in [5.74, 6) is 0. The van der Waals surface area contributed by atoms with Crippen molar-refractivity contribution in [2.24, 2.45) is 0 Å². The van der Waals surface area contributed by atoms with Crippen LogP contribution >= 0.6 is 0 Å². The molecule has 0 aromatic carbocycles. The zero-order chi connectivity index (χ0) is 10.5. The second-order valence-corrected chi connectivity index (χ2v) is 3.12. The van der Waals surface area contributed by atoms with E-state index >= 15 is 0 Å². The van der Waals surface area contributed by atoms with Gasteiger partial charge in [0.15, 0.2) is 0 Å². The first kappa shape index (κ1) is 15.4. The van der Waals surface area contributed by atoms with Gasteiger partial charge in [0.1, 0.15) is 0 Å². The van der Waals surface area contributed by atoms with Crippen LogP contribution in [0.1, 0.15) is 47.5 Å². The molecule has 0 radical (unpaired) electrons. The molecule has 0 saturated carbocycles. The van der Waals surface area contributed by atoms with Gasteiger partial charge >= 0.3 is 0 Å². The lowest BCUT2D eigenvalue weighted by Gasteiger charge is -2.03. The molecule has 0 atom stereocenters. The molecule has 0 N–H and O–H groups in total. The van der Waals surface area contributed by atoms with E-state index in [0.717, 1.165) is 32.7 Å². The van der Waals surface area contributed by atoms with Crippen LogP contribution in [0.3, 0.4) is 0 Å². The zero-order valence-electron chi connectivity index (χ0n) is 9.93. The van der Waals surface area contributed by atoms with E-state index in [4.69, 9.17) is 9.47 Å². The van der Waals surface area contributed by atoms with Gasteiger partial charge in [-0.1, -0.05) is 13.8 Å². The van der Waals surface area contributed by atoms with E-state index in [1.165, 1.54) is 0 Å². The highest BCUT2D eigenvalue weighted by Gasteiger charge is 1.87. The van der Waals surface area contributed by atoms with Crippen LogP contribution in [0.25, 0.3) is 0 Å². The average Bonchev–Trinajstić information content (AvgIpc) is 2.12. The van der Waals surface area contributed by atoms with Crippen molar-refractivity contribution in [2.45, 2.75) is 53.6 Å². The fourth-order valence-electron chi connectivity index (χ4n) is 0.642. The van der Waals surface area contributed by atoms with E-state index in [9.17, 15) is 0 Å². The fraction of sp³-hybridized carbons (Fsp3) is 1.00. The summed E-state index contributed by atoms with van der Waals surface area (Å²) < 4.78 is 10.2. The summed E-state index contributed by atoms with van der Waals surface area (Å²) in [7, 11) is 0. The molecule has 0 fully saturated rings. The average molecular weight is 190 g/mol. The number of hydrogen-bond donors (Lipinski definition) is 0. The lowest BCUT2D eigenvalue weighted by molar-refractivity contribution is 0.0794. The first-order valence-corrected chi connectivity index (χ1v) is 5.38. The third kappa shape index (κ3) is 24.5. The molecule has 0 unspecified atom stereocenters. The molecule has 0 bridgehead atoms. The standard InChI is InChI=1S/C6H14O.C5H12O/c1-4-5-7-6(2)3;1-3-5-6-4-2/h6H,4-5H2,1-3H3;3-5H2,1-2H3.